The van der Waals surface area contributed by atoms with Crippen molar-refractivity contribution in [3.05, 3.63) is 87.7 Å². The normalized spacial score (nSPS) is 18.1. The van der Waals surface area contributed by atoms with E-state index in [1.807, 2.05) is 36.5 Å². The SMILES string of the molecule is CCc1ccc(CCOc2ccc(C3C(Br)C(=O)N3c3cccc(Cl)c3Cl)cc2)nc1. The molecular weight excluding hydrogens is 499 g/mol. The molecule has 0 N–H and O–H groups in total. The van der Waals surface area contributed by atoms with Crippen molar-refractivity contribution in [3.8, 4) is 5.75 Å². The Morgan fingerprint density at radius 2 is 1.87 bits per heavy atom. The van der Waals surface area contributed by atoms with Crippen LogP contribution in [0.3, 0.4) is 0 Å². The van der Waals surface area contributed by atoms with Crippen LogP contribution in [0.4, 0.5) is 5.69 Å². The molecule has 2 unspecified atom stereocenters. The predicted octanol–water partition coefficient (Wildman–Crippen LogP) is 6.42. The lowest BCUT2D eigenvalue weighted by atomic mass is 9.92. The second-order valence-corrected chi connectivity index (χ2v) is 9.08. The van der Waals surface area contributed by atoms with E-state index in [1.165, 1.54) is 5.56 Å². The highest BCUT2D eigenvalue weighted by Crippen LogP contribution is 2.46. The average Bonchev–Trinajstić information content (AvgIpc) is 2.80. The van der Waals surface area contributed by atoms with Gasteiger partial charge in [-0.05, 0) is 47.9 Å². The number of hydrogen-bond donors (Lipinski definition) is 0. The summed E-state index contributed by atoms with van der Waals surface area (Å²) in [5, 5.41) is 0.800. The van der Waals surface area contributed by atoms with Gasteiger partial charge in [-0.1, -0.05) is 70.3 Å². The Labute approximate surface area is 200 Å². The average molecular weight is 520 g/mol. The molecule has 0 bridgehead atoms. The van der Waals surface area contributed by atoms with Gasteiger partial charge in [-0.3, -0.25) is 9.78 Å². The van der Waals surface area contributed by atoms with Gasteiger partial charge in [0.15, 0.2) is 0 Å². The first-order valence-electron chi connectivity index (χ1n) is 10.1. The number of halogens is 3. The maximum atomic E-state index is 12.5. The van der Waals surface area contributed by atoms with Crippen LogP contribution >= 0.6 is 39.1 Å². The molecule has 3 aromatic rings. The number of aryl methyl sites for hydroxylation is 1. The molecule has 1 aliphatic heterocycles. The zero-order valence-corrected chi connectivity index (χ0v) is 20.0. The summed E-state index contributed by atoms with van der Waals surface area (Å²) in [6.45, 7) is 2.66. The van der Waals surface area contributed by atoms with Crippen molar-refractivity contribution in [3.63, 3.8) is 0 Å². The summed E-state index contributed by atoms with van der Waals surface area (Å²) in [5.74, 6) is 0.731. The van der Waals surface area contributed by atoms with E-state index in [9.17, 15) is 4.79 Å². The third-order valence-electron chi connectivity index (χ3n) is 5.36. The maximum Gasteiger partial charge on any atom is 0.243 e. The van der Waals surface area contributed by atoms with Crippen LogP contribution in [0, 0.1) is 0 Å². The highest BCUT2D eigenvalue weighted by molar-refractivity contribution is 9.10. The van der Waals surface area contributed by atoms with Gasteiger partial charge in [-0.15, -0.1) is 0 Å². The highest BCUT2D eigenvalue weighted by Gasteiger charge is 2.48. The largest absolute Gasteiger partial charge is 0.493 e. The minimum Gasteiger partial charge on any atom is -0.493 e. The molecule has 2 aromatic carbocycles. The second-order valence-electron chi connectivity index (χ2n) is 7.31. The number of hydrogen-bond acceptors (Lipinski definition) is 3. The lowest BCUT2D eigenvalue weighted by Crippen LogP contribution is -2.56. The number of rotatable bonds is 7. The Morgan fingerprint density at radius 3 is 2.55 bits per heavy atom. The Morgan fingerprint density at radius 1 is 1.10 bits per heavy atom. The van der Waals surface area contributed by atoms with Crippen molar-refractivity contribution in [2.24, 2.45) is 0 Å². The number of carbonyl (C=O) groups is 1. The summed E-state index contributed by atoms with van der Waals surface area (Å²) in [6.07, 6.45) is 3.64. The van der Waals surface area contributed by atoms with Crippen molar-refractivity contribution in [2.75, 3.05) is 11.5 Å². The number of nitrogens with zero attached hydrogens (tertiary/aromatic N) is 2. The van der Waals surface area contributed by atoms with Gasteiger partial charge in [0.1, 0.15) is 10.6 Å². The van der Waals surface area contributed by atoms with Crippen LogP contribution in [0.15, 0.2) is 60.8 Å². The number of β-lactam (4-membered cyclic amide) rings is 1. The van der Waals surface area contributed by atoms with Crippen molar-refractivity contribution in [1.82, 2.24) is 4.98 Å². The van der Waals surface area contributed by atoms with E-state index >= 15 is 0 Å². The highest BCUT2D eigenvalue weighted by atomic mass is 79.9. The number of ether oxygens (including phenoxy) is 1. The van der Waals surface area contributed by atoms with E-state index in [4.69, 9.17) is 27.9 Å². The molecule has 0 spiro atoms. The molecular formula is C24H21BrCl2N2O2. The van der Waals surface area contributed by atoms with Crippen LogP contribution < -0.4 is 9.64 Å². The van der Waals surface area contributed by atoms with E-state index in [-0.39, 0.29) is 16.8 Å². The summed E-state index contributed by atoms with van der Waals surface area (Å²) >= 11 is 16.0. The lowest BCUT2D eigenvalue weighted by Gasteiger charge is -2.45. The topological polar surface area (TPSA) is 42.4 Å². The molecule has 0 saturated carbocycles. The van der Waals surface area contributed by atoms with Crippen molar-refractivity contribution < 1.29 is 9.53 Å². The first-order valence-corrected chi connectivity index (χ1v) is 11.7. The van der Waals surface area contributed by atoms with E-state index in [0.717, 1.165) is 29.8 Å². The van der Waals surface area contributed by atoms with Gasteiger partial charge < -0.3 is 9.64 Å². The molecule has 160 valence electrons. The summed E-state index contributed by atoms with van der Waals surface area (Å²) < 4.78 is 5.88. The van der Waals surface area contributed by atoms with Crippen LogP contribution in [0.5, 0.6) is 5.75 Å². The maximum absolute atomic E-state index is 12.5. The quantitative estimate of drug-likeness (QED) is 0.267. The number of benzene rings is 2. The van der Waals surface area contributed by atoms with E-state index < -0.39 is 0 Å². The molecule has 1 saturated heterocycles. The molecule has 1 fully saturated rings. The molecule has 0 aliphatic carbocycles. The van der Waals surface area contributed by atoms with Gasteiger partial charge in [-0.2, -0.15) is 0 Å². The van der Waals surface area contributed by atoms with E-state index in [1.54, 1.807) is 23.1 Å². The smallest absolute Gasteiger partial charge is 0.243 e. The number of alkyl halides is 1. The van der Waals surface area contributed by atoms with Gasteiger partial charge in [0.2, 0.25) is 5.91 Å². The van der Waals surface area contributed by atoms with Crippen molar-refractivity contribution in [2.45, 2.75) is 30.6 Å². The first-order chi connectivity index (χ1) is 15.0. The van der Waals surface area contributed by atoms with Crippen LogP contribution in [0.25, 0.3) is 0 Å². The number of carbonyl (C=O) groups excluding carboxylic acids is 1. The molecule has 0 radical (unpaired) electrons. The summed E-state index contributed by atoms with van der Waals surface area (Å²) in [6, 6.07) is 17.1. The molecule has 31 heavy (non-hydrogen) atoms. The monoisotopic (exact) mass is 518 g/mol. The molecule has 4 nitrogen and oxygen atoms in total. The molecule has 1 aliphatic rings. The third-order valence-corrected chi connectivity index (χ3v) is 7.06. The standard InChI is InChI=1S/C24H21BrCl2N2O2/c1-2-15-6-9-17(28-14-15)12-13-31-18-10-7-16(8-11-18)23-21(25)24(30)29(23)20-5-3-4-19(26)22(20)27/h3-11,14,21,23H,2,12-13H2,1H3. The zero-order chi connectivity index (χ0) is 22.0. The van der Waals surface area contributed by atoms with E-state index in [2.05, 4.69) is 33.9 Å². The third kappa shape index (κ3) is 4.59. The fraction of sp³-hybridized carbons (Fsp3) is 0.250. The Balaban J connectivity index is 1.42. The fourth-order valence-electron chi connectivity index (χ4n) is 3.57. The number of anilines is 1. The molecule has 7 heteroatoms. The Bertz CT molecular complexity index is 1070. The minimum atomic E-state index is -0.313. The van der Waals surface area contributed by atoms with Gasteiger partial charge in [0.25, 0.3) is 0 Å². The number of pyridine rings is 1. The Hall–Kier alpha value is -2.08. The van der Waals surface area contributed by atoms with Crippen LogP contribution in [0.2, 0.25) is 10.0 Å². The first kappa shape index (κ1) is 22.1. The fourth-order valence-corrected chi connectivity index (χ4v) is 4.71. The van der Waals surface area contributed by atoms with Gasteiger partial charge in [-0.25, -0.2) is 0 Å². The summed E-state index contributed by atoms with van der Waals surface area (Å²) in [4.78, 5) is 18.4. The number of aromatic nitrogens is 1. The van der Waals surface area contributed by atoms with Crippen molar-refractivity contribution in [1.29, 1.82) is 0 Å². The minimum absolute atomic E-state index is 0.0453. The van der Waals surface area contributed by atoms with Gasteiger partial charge in [0.05, 0.1) is 28.4 Å². The van der Waals surface area contributed by atoms with Crippen LogP contribution in [0.1, 0.15) is 29.8 Å². The van der Waals surface area contributed by atoms with Crippen LogP contribution in [-0.2, 0) is 17.6 Å². The van der Waals surface area contributed by atoms with Crippen molar-refractivity contribution >= 4 is 50.7 Å². The molecule has 2 heterocycles. The second kappa shape index (κ2) is 9.60. The summed E-state index contributed by atoms with van der Waals surface area (Å²) in [7, 11) is 0. The molecule has 2 atom stereocenters. The van der Waals surface area contributed by atoms with E-state index in [0.29, 0.717) is 22.3 Å². The Kier molecular flexibility index (Phi) is 6.85. The van der Waals surface area contributed by atoms with Gasteiger partial charge in [0, 0.05) is 18.3 Å². The molecule has 1 aromatic heterocycles. The van der Waals surface area contributed by atoms with Gasteiger partial charge >= 0.3 is 0 Å². The molecule has 1 amide bonds. The van der Waals surface area contributed by atoms with Crippen LogP contribution in [-0.4, -0.2) is 22.3 Å². The zero-order valence-electron chi connectivity index (χ0n) is 16.9. The summed E-state index contributed by atoms with van der Waals surface area (Å²) in [5.41, 5.74) is 3.84. The lowest BCUT2D eigenvalue weighted by molar-refractivity contribution is -0.123. The number of amides is 1. The molecule has 4 rings (SSSR count). The predicted molar refractivity (Wildman–Crippen MR) is 129 cm³/mol.